The molecule has 0 aliphatic carbocycles. The summed E-state index contributed by atoms with van der Waals surface area (Å²) in [5, 5.41) is 0. The summed E-state index contributed by atoms with van der Waals surface area (Å²) in [5.74, 6) is -0.191. The lowest BCUT2D eigenvalue weighted by Crippen LogP contribution is -2.07. The highest BCUT2D eigenvalue weighted by Gasteiger charge is 2.15. The Hall–Kier alpha value is -1.66. The number of hydrogen-bond acceptors (Lipinski definition) is 4. The molecule has 0 spiro atoms. The molecule has 4 nitrogen and oxygen atoms in total. The number of hydrogen-bond donors (Lipinski definition) is 0. The molecule has 3 aromatic rings. The average Bonchev–Trinajstić information content (AvgIpc) is 3.01. The third-order valence-electron chi connectivity index (χ3n) is 3.40. The first-order valence-corrected chi connectivity index (χ1v) is 8.58. The number of carbonyl (C=O) groups is 1. The molecule has 2 heterocycles. The van der Waals surface area contributed by atoms with Crippen molar-refractivity contribution >= 4 is 38.2 Å². The van der Waals surface area contributed by atoms with Crippen LogP contribution in [0.15, 0.2) is 34.9 Å². The van der Waals surface area contributed by atoms with Gasteiger partial charge < -0.3 is 4.74 Å². The van der Waals surface area contributed by atoms with Crippen molar-refractivity contribution in [1.82, 2.24) is 9.38 Å². The number of rotatable bonds is 4. The summed E-state index contributed by atoms with van der Waals surface area (Å²) in [7, 11) is 0. The standard InChI is InChI=1S/C16H15BrN2O2S/c1-3-21-15(20)8-14-10(2)19-9-13(18-16(19)22-14)11-4-6-12(17)7-5-11/h4-7,9H,3,8H2,1-2H3. The summed E-state index contributed by atoms with van der Waals surface area (Å²) in [6.07, 6.45) is 2.32. The topological polar surface area (TPSA) is 43.6 Å². The summed E-state index contributed by atoms with van der Waals surface area (Å²) in [6, 6.07) is 8.07. The van der Waals surface area contributed by atoms with Gasteiger partial charge in [0.1, 0.15) is 0 Å². The van der Waals surface area contributed by atoms with Crippen LogP contribution in [0.25, 0.3) is 16.2 Å². The lowest BCUT2D eigenvalue weighted by molar-refractivity contribution is -0.142. The van der Waals surface area contributed by atoms with E-state index in [0.29, 0.717) is 13.0 Å². The molecule has 114 valence electrons. The van der Waals surface area contributed by atoms with E-state index >= 15 is 0 Å². The van der Waals surface area contributed by atoms with Gasteiger partial charge in [-0.05, 0) is 26.0 Å². The Morgan fingerprint density at radius 2 is 2.09 bits per heavy atom. The molecule has 0 aliphatic rings. The molecule has 0 unspecified atom stereocenters. The van der Waals surface area contributed by atoms with Crippen LogP contribution >= 0.6 is 27.3 Å². The third-order valence-corrected chi connectivity index (χ3v) is 5.09. The Balaban J connectivity index is 1.92. The zero-order valence-electron chi connectivity index (χ0n) is 12.3. The van der Waals surface area contributed by atoms with Gasteiger partial charge in [0.15, 0.2) is 4.96 Å². The number of benzene rings is 1. The fourth-order valence-corrected chi connectivity index (χ4v) is 3.61. The van der Waals surface area contributed by atoms with Crippen LogP contribution in [-0.2, 0) is 16.0 Å². The number of aryl methyl sites for hydroxylation is 1. The van der Waals surface area contributed by atoms with Crippen LogP contribution in [0.3, 0.4) is 0 Å². The van der Waals surface area contributed by atoms with Gasteiger partial charge in [0, 0.05) is 26.8 Å². The first kappa shape index (κ1) is 15.2. The molecule has 6 heteroatoms. The van der Waals surface area contributed by atoms with E-state index in [1.807, 2.05) is 48.7 Å². The second-order valence-corrected chi connectivity index (χ2v) is 6.86. The third kappa shape index (κ3) is 2.94. The minimum atomic E-state index is -0.191. The molecule has 0 saturated carbocycles. The van der Waals surface area contributed by atoms with Crippen LogP contribution in [0.2, 0.25) is 0 Å². The quantitative estimate of drug-likeness (QED) is 0.637. The van der Waals surface area contributed by atoms with Crippen molar-refractivity contribution < 1.29 is 9.53 Å². The molecule has 0 bridgehead atoms. The fraction of sp³-hybridized carbons (Fsp3) is 0.250. The van der Waals surface area contributed by atoms with Gasteiger partial charge in [0.05, 0.1) is 18.7 Å². The summed E-state index contributed by atoms with van der Waals surface area (Å²) in [5.41, 5.74) is 3.05. The SMILES string of the molecule is CCOC(=O)Cc1sc2nc(-c3ccc(Br)cc3)cn2c1C. The number of aromatic nitrogens is 2. The largest absolute Gasteiger partial charge is 0.466 e. The molecule has 0 amide bonds. The monoisotopic (exact) mass is 378 g/mol. The molecule has 0 aliphatic heterocycles. The molecule has 3 rings (SSSR count). The van der Waals surface area contributed by atoms with Gasteiger partial charge in [-0.25, -0.2) is 4.98 Å². The van der Waals surface area contributed by atoms with Crippen molar-refractivity contribution in [2.75, 3.05) is 6.61 Å². The normalized spacial score (nSPS) is 11.0. The maximum atomic E-state index is 11.6. The second-order valence-electron chi connectivity index (χ2n) is 4.88. The maximum Gasteiger partial charge on any atom is 0.311 e. The van der Waals surface area contributed by atoms with E-state index in [-0.39, 0.29) is 5.97 Å². The van der Waals surface area contributed by atoms with Crippen LogP contribution in [0.1, 0.15) is 17.5 Å². The van der Waals surface area contributed by atoms with Gasteiger partial charge in [-0.15, -0.1) is 11.3 Å². The van der Waals surface area contributed by atoms with E-state index in [1.165, 1.54) is 11.3 Å². The van der Waals surface area contributed by atoms with E-state index in [2.05, 4.69) is 20.9 Å². The molecule has 0 N–H and O–H groups in total. The van der Waals surface area contributed by atoms with E-state index in [1.54, 1.807) is 0 Å². The fourth-order valence-electron chi connectivity index (χ4n) is 2.26. The number of halogens is 1. The summed E-state index contributed by atoms with van der Waals surface area (Å²) < 4.78 is 8.10. The van der Waals surface area contributed by atoms with Gasteiger partial charge in [-0.2, -0.15) is 0 Å². The second kappa shape index (κ2) is 6.22. The highest BCUT2D eigenvalue weighted by atomic mass is 79.9. The van der Waals surface area contributed by atoms with Gasteiger partial charge in [-0.1, -0.05) is 28.1 Å². The number of esters is 1. The van der Waals surface area contributed by atoms with E-state index < -0.39 is 0 Å². The predicted molar refractivity (Wildman–Crippen MR) is 91.3 cm³/mol. The first-order valence-electron chi connectivity index (χ1n) is 6.97. The molecule has 0 fully saturated rings. The van der Waals surface area contributed by atoms with Gasteiger partial charge in [0.25, 0.3) is 0 Å². The van der Waals surface area contributed by atoms with E-state index in [9.17, 15) is 4.79 Å². The Bertz CT molecular complexity index is 821. The van der Waals surface area contributed by atoms with Crippen LogP contribution in [0.5, 0.6) is 0 Å². The molecule has 22 heavy (non-hydrogen) atoms. The van der Waals surface area contributed by atoms with Crippen LogP contribution < -0.4 is 0 Å². The average molecular weight is 379 g/mol. The molecule has 0 atom stereocenters. The zero-order chi connectivity index (χ0) is 15.7. The van der Waals surface area contributed by atoms with Crippen molar-refractivity contribution in [2.45, 2.75) is 20.3 Å². The molecular formula is C16H15BrN2O2S. The predicted octanol–water partition coefficient (Wildman–Crippen LogP) is 4.24. The number of nitrogens with zero attached hydrogens (tertiary/aromatic N) is 2. The lowest BCUT2D eigenvalue weighted by Gasteiger charge is -2.00. The summed E-state index contributed by atoms with van der Waals surface area (Å²) in [4.78, 5) is 18.2. The van der Waals surface area contributed by atoms with Crippen molar-refractivity contribution in [1.29, 1.82) is 0 Å². The van der Waals surface area contributed by atoms with Gasteiger partial charge in [-0.3, -0.25) is 9.20 Å². The summed E-state index contributed by atoms with van der Waals surface area (Å²) >= 11 is 4.97. The number of fused-ring (bicyclic) bond motifs is 1. The zero-order valence-corrected chi connectivity index (χ0v) is 14.7. The maximum absolute atomic E-state index is 11.6. The van der Waals surface area contributed by atoms with E-state index in [4.69, 9.17) is 4.74 Å². The smallest absolute Gasteiger partial charge is 0.311 e. The highest BCUT2D eigenvalue weighted by molar-refractivity contribution is 9.10. The molecule has 0 radical (unpaired) electrons. The Labute approximate surface area is 140 Å². The number of imidazole rings is 1. The molecule has 0 saturated heterocycles. The molecule has 2 aromatic heterocycles. The Morgan fingerprint density at radius 3 is 2.73 bits per heavy atom. The number of thiazole rings is 1. The highest BCUT2D eigenvalue weighted by Crippen LogP contribution is 2.28. The lowest BCUT2D eigenvalue weighted by atomic mass is 10.2. The van der Waals surface area contributed by atoms with Crippen LogP contribution in [0.4, 0.5) is 0 Å². The minimum absolute atomic E-state index is 0.191. The molecular weight excluding hydrogens is 364 g/mol. The summed E-state index contributed by atoms with van der Waals surface area (Å²) in [6.45, 7) is 4.23. The van der Waals surface area contributed by atoms with Gasteiger partial charge >= 0.3 is 5.97 Å². The van der Waals surface area contributed by atoms with Crippen LogP contribution in [-0.4, -0.2) is 22.0 Å². The Kier molecular flexibility index (Phi) is 4.31. The van der Waals surface area contributed by atoms with Crippen molar-refractivity contribution in [3.8, 4) is 11.3 Å². The number of carbonyl (C=O) groups excluding carboxylic acids is 1. The number of ether oxygens (including phenoxy) is 1. The molecule has 1 aromatic carbocycles. The Morgan fingerprint density at radius 1 is 1.36 bits per heavy atom. The van der Waals surface area contributed by atoms with E-state index in [0.717, 1.165) is 31.3 Å². The van der Waals surface area contributed by atoms with Crippen molar-refractivity contribution in [2.24, 2.45) is 0 Å². The van der Waals surface area contributed by atoms with Gasteiger partial charge in [0.2, 0.25) is 0 Å². The van der Waals surface area contributed by atoms with Crippen molar-refractivity contribution in [3.05, 3.63) is 45.5 Å². The van der Waals surface area contributed by atoms with Crippen molar-refractivity contribution in [3.63, 3.8) is 0 Å². The first-order chi connectivity index (χ1) is 10.6. The minimum Gasteiger partial charge on any atom is -0.466 e. The van der Waals surface area contributed by atoms with Crippen LogP contribution in [0, 0.1) is 6.92 Å².